The molecule has 7 heteroatoms. The monoisotopic (exact) mass is 273 g/mol. The maximum atomic E-state index is 10.2. The molecule has 0 unspecified atom stereocenters. The van der Waals surface area contributed by atoms with Gasteiger partial charge in [-0.25, -0.2) is 0 Å². The van der Waals surface area contributed by atoms with Crippen molar-refractivity contribution < 1.29 is 14.7 Å². The van der Waals surface area contributed by atoms with Crippen LogP contribution in [0.25, 0.3) is 0 Å². The lowest BCUT2D eigenvalue weighted by Gasteiger charge is -1.96. The number of carboxylic acid groups (broad SMARTS) is 1. The number of nitrogens with two attached hydrogens (primary N) is 2. The van der Waals surface area contributed by atoms with Crippen molar-refractivity contribution in [2.45, 2.75) is 6.92 Å². The molecule has 1 aromatic rings. The van der Waals surface area contributed by atoms with Crippen molar-refractivity contribution in [1.82, 2.24) is 5.32 Å². The molecule has 6 N–H and O–H groups in total. The highest BCUT2D eigenvalue weighted by Gasteiger charge is 1.86. The molecule has 0 atom stereocenters. The first-order valence-electron chi connectivity index (χ1n) is 5.03. The molecule has 0 radical (unpaired) electrons. The van der Waals surface area contributed by atoms with E-state index < -0.39 is 0 Å². The number of rotatable bonds is 3. The molecule has 0 bridgehead atoms. The van der Waals surface area contributed by atoms with Crippen LogP contribution >= 0.6 is 11.9 Å². The first-order valence-corrected chi connectivity index (χ1v) is 6.07. The predicted molar refractivity (Wildman–Crippen MR) is 74.9 cm³/mol. The molecule has 0 saturated carbocycles. The Kier molecular flexibility index (Phi) is 15.8. The Morgan fingerprint density at radius 1 is 1.44 bits per heavy atom. The molecule has 1 aromatic carbocycles. The van der Waals surface area contributed by atoms with Crippen LogP contribution in [0, 0.1) is 0 Å². The first kappa shape index (κ1) is 18.6. The molecule has 0 saturated heterocycles. The van der Waals surface area contributed by atoms with Crippen LogP contribution in [0.2, 0.25) is 0 Å². The van der Waals surface area contributed by atoms with Crippen LogP contribution in [0.15, 0.2) is 30.3 Å². The van der Waals surface area contributed by atoms with Crippen LogP contribution < -0.4 is 16.2 Å². The number of hydrogen-bond acceptors (Lipinski definition) is 5. The fourth-order valence-corrected chi connectivity index (χ4v) is 0.959. The molecular weight excluding hydrogens is 254 g/mol. The third kappa shape index (κ3) is 19.8. The second-order valence-corrected chi connectivity index (χ2v) is 3.61. The molecule has 1 amide bonds. The Morgan fingerprint density at radius 2 is 1.94 bits per heavy atom. The van der Waals surface area contributed by atoms with Crippen LogP contribution in [0.1, 0.15) is 6.92 Å². The molecule has 0 spiro atoms. The average Bonchev–Trinajstić information content (AvgIpc) is 2.32. The molecule has 1 rings (SSSR count). The van der Waals surface area contributed by atoms with Gasteiger partial charge in [0.2, 0.25) is 5.91 Å². The molecule has 0 heterocycles. The van der Waals surface area contributed by atoms with E-state index in [0.29, 0.717) is 6.54 Å². The van der Waals surface area contributed by atoms with Gasteiger partial charge in [-0.1, -0.05) is 30.1 Å². The maximum Gasteiger partial charge on any atom is 0.290 e. The van der Waals surface area contributed by atoms with E-state index >= 15 is 0 Å². The van der Waals surface area contributed by atoms with Crippen LogP contribution in [-0.2, 0) is 9.59 Å². The summed E-state index contributed by atoms with van der Waals surface area (Å²) in [4.78, 5) is 18.5. The molecular formula is C11H19N3O3S. The Hall–Kier alpha value is -1.73. The summed E-state index contributed by atoms with van der Waals surface area (Å²) in [5.41, 5.74) is 6.18. The van der Waals surface area contributed by atoms with Gasteiger partial charge >= 0.3 is 0 Å². The standard InChI is InChI=1S/C6H7N.C4H10N2OS.CH2O2/c7-6-4-2-1-3-5-6;1-4(7)6-2-3-8-5;2-1-3/h1-5H,7H2;2-3,5H2,1H3,(H,6,7);1H,(H,2,3). The number of anilines is 1. The summed E-state index contributed by atoms with van der Waals surface area (Å²) in [6.07, 6.45) is 0. The van der Waals surface area contributed by atoms with Gasteiger partial charge in [-0.15, -0.1) is 0 Å². The molecule has 0 aromatic heterocycles. The van der Waals surface area contributed by atoms with E-state index in [1.54, 1.807) is 0 Å². The zero-order chi connectivity index (χ0) is 14.2. The van der Waals surface area contributed by atoms with Crippen molar-refractivity contribution in [3.05, 3.63) is 30.3 Å². The van der Waals surface area contributed by atoms with E-state index in [1.165, 1.54) is 18.9 Å². The average molecular weight is 273 g/mol. The van der Waals surface area contributed by atoms with Gasteiger partial charge in [0, 0.05) is 24.9 Å². The third-order valence-electron chi connectivity index (χ3n) is 1.39. The van der Waals surface area contributed by atoms with E-state index in [9.17, 15) is 4.79 Å². The molecule has 0 aliphatic carbocycles. The summed E-state index contributed by atoms with van der Waals surface area (Å²) in [6, 6.07) is 9.49. The Bertz CT molecular complexity index is 310. The van der Waals surface area contributed by atoms with E-state index in [0.717, 1.165) is 11.4 Å². The fraction of sp³-hybridized carbons (Fsp3) is 0.273. The van der Waals surface area contributed by atoms with E-state index in [4.69, 9.17) is 20.8 Å². The maximum absolute atomic E-state index is 10.2. The van der Waals surface area contributed by atoms with Gasteiger partial charge < -0.3 is 16.2 Å². The molecule has 0 fully saturated rings. The Balaban J connectivity index is 0. The Labute approximate surface area is 111 Å². The summed E-state index contributed by atoms with van der Waals surface area (Å²) < 4.78 is 0. The second kappa shape index (κ2) is 15.3. The number of carbonyl (C=O) groups excluding carboxylic acids is 1. The fourth-order valence-electron chi connectivity index (χ4n) is 0.739. The lowest BCUT2D eigenvalue weighted by Crippen LogP contribution is -2.22. The van der Waals surface area contributed by atoms with Crippen molar-refractivity contribution >= 4 is 30.0 Å². The van der Waals surface area contributed by atoms with Gasteiger partial charge in [0.25, 0.3) is 6.47 Å². The minimum absolute atomic E-state index is 0.000880. The van der Waals surface area contributed by atoms with E-state index in [-0.39, 0.29) is 12.4 Å². The van der Waals surface area contributed by atoms with Gasteiger partial charge in [0.05, 0.1) is 0 Å². The topological polar surface area (TPSA) is 118 Å². The number of amides is 1. The quantitative estimate of drug-likeness (QED) is 0.278. The van der Waals surface area contributed by atoms with Crippen LogP contribution in [-0.4, -0.2) is 29.8 Å². The largest absolute Gasteiger partial charge is 0.483 e. The minimum Gasteiger partial charge on any atom is -0.483 e. The molecule has 0 aliphatic rings. The molecule has 0 aliphatic heterocycles. The van der Waals surface area contributed by atoms with E-state index in [1.807, 2.05) is 30.3 Å². The summed E-state index contributed by atoms with van der Waals surface area (Å²) in [7, 11) is 0. The number of hydrogen-bond donors (Lipinski definition) is 4. The molecule has 102 valence electrons. The van der Waals surface area contributed by atoms with Gasteiger partial charge in [0.1, 0.15) is 0 Å². The highest BCUT2D eigenvalue weighted by molar-refractivity contribution is 7.97. The van der Waals surface area contributed by atoms with Crippen molar-refractivity contribution in [3.63, 3.8) is 0 Å². The van der Waals surface area contributed by atoms with Crippen molar-refractivity contribution in [1.29, 1.82) is 0 Å². The number of para-hydroxylation sites is 1. The van der Waals surface area contributed by atoms with Crippen molar-refractivity contribution in [2.75, 3.05) is 18.0 Å². The lowest BCUT2D eigenvalue weighted by atomic mass is 10.3. The number of nitrogen functional groups attached to an aromatic ring is 1. The highest BCUT2D eigenvalue weighted by atomic mass is 32.2. The highest BCUT2D eigenvalue weighted by Crippen LogP contribution is 1.95. The molecule has 18 heavy (non-hydrogen) atoms. The SMILES string of the molecule is CC(=O)NCCSN.Nc1ccccc1.O=CO. The summed E-state index contributed by atoms with van der Waals surface area (Å²) in [5.74, 6) is 0.776. The minimum atomic E-state index is -0.250. The number of carbonyl (C=O) groups is 2. The number of benzene rings is 1. The van der Waals surface area contributed by atoms with E-state index in [2.05, 4.69) is 5.32 Å². The zero-order valence-electron chi connectivity index (χ0n) is 10.2. The second-order valence-electron chi connectivity index (χ2n) is 2.87. The Morgan fingerprint density at radius 3 is 2.22 bits per heavy atom. The van der Waals surface area contributed by atoms with Crippen molar-refractivity contribution in [3.8, 4) is 0 Å². The van der Waals surface area contributed by atoms with Gasteiger partial charge in [0.15, 0.2) is 0 Å². The third-order valence-corrected chi connectivity index (χ3v) is 1.83. The van der Waals surface area contributed by atoms with Crippen LogP contribution in [0.4, 0.5) is 5.69 Å². The van der Waals surface area contributed by atoms with Gasteiger partial charge in [-0.2, -0.15) is 0 Å². The smallest absolute Gasteiger partial charge is 0.290 e. The summed E-state index contributed by atoms with van der Waals surface area (Å²) in [5, 5.41) is 14.6. The van der Waals surface area contributed by atoms with Crippen LogP contribution in [0.3, 0.4) is 0 Å². The summed E-state index contributed by atoms with van der Waals surface area (Å²) in [6.45, 7) is 1.90. The first-order chi connectivity index (χ1) is 8.58. The summed E-state index contributed by atoms with van der Waals surface area (Å²) >= 11 is 1.23. The molecule has 6 nitrogen and oxygen atoms in total. The van der Waals surface area contributed by atoms with Gasteiger partial charge in [-0.3, -0.25) is 14.7 Å². The normalized spacial score (nSPS) is 7.89. The van der Waals surface area contributed by atoms with Crippen molar-refractivity contribution in [2.24, 2.45) is 5.14 Å². The predicted octanol–water partition coefficient (Wildman–Crippen LogP) is 0.699. The van der Waals surface area contributed by atoms with Crippen LogP contribution in [0.5, 0.6) is 0 Å². The zero-order valence-corrected chi connectivity index (χ0v) is 11.0. The number of nitrogens with one attached hydrogen (secondary N) is 1. The van der Waals surface area contributed by atoms with Gasteiger partial charge in [-0.05, 0) is 12.1 Å². The lowest BCUT2D eigenvalue weighted by molar-refractivity contribution is -0.123.